The van der Waals surface area contributed by atoms with Gasteiger partial charge in [0.05, 0.1) is 27.6 Å². The summed E-state index contributed by atoms with van der Waals surface area (Å²) in [5, 5.41) is 2.71. The van der Waals surface area contributed by atoms with Crippen molar-refractivity contribution in [3.63, 3.8) is 0 Å². The molecule has 4 aromatic heterocycles. The van der Waals surface area contributed by atoms with E-state index in [4.69, 9.17) is 0 Å². The van der Waals surface area contributed by atoms with Crippen molar-refractivity contribution < 1.29 is 22.0 Å². The first-order chi connectivity index (χ1) is 15.1. The monoisotopic (exact) mass is 457 g/mol. The molecule has 4 aromatic rings. The Balaban J connectivity index is 1.47. The normalized spacial score (nSPS) is 12.1. The van der Waals surface area contributed by atoms with E-state index in [-0.39, 0.29) is 22.2 Å². The highest BCUT2D eigenvalue weighted by atomic mass is 32.2. The topological polar surface area (TPSA) is 106 Å². The van der Waals surface area contributed by atoms with Crippen molar-refractivity contribution in [3.8, 4) is 0 Å². The number of rotatable bonds is 6. The van der Waals surface area contributed by atoms with Gasteiger partial charge in [-0.3, -0.25) is 14.8 Å². The van der Waals surface area contributed by atoms with Crippen molar-refractivity contribution in [2.75, 3.05) is 0 Å². The van der Waals surface area contributed by atoms with Gasteiger partial charge >= 0.3 is 0 Å². The molecule has 0 saturated heterocycles. The number of hydrogen-bond donors (Lipinski definition) is 1. The molecule has 0 atom stereocenters. The molecule has 0 aliphatic heterocycles. The number of alkyl halides is 2. The van der Waals surface area contributed by atoms with Crippen LogP contribution in [0, 0.1) is 0 Å². The Morgan fingerprint density at radius 2 is 1.91 bits per heavy atom. The van der Waals surface area contributed by atoms with E-state index in [9.17, 15) is 22.0 Å². The minimum Gasteiger partial charge on any atom is -0.346 e. The van der Waals surface area contributed by atoms with E-state index in [1.165, 1.54) is 12.1 Å². The van der Waals surface area contributed by atoms with Gasteiger partial charge in [-0.15, -0.1) is 0 Å². The summed E-state index contributed by atoms with van der Waals surface area (Å²) in [7, 11) is -4.08. The summed E-state index contributed by atoms with van der Waals surface area (Å²) < 4.78 is 54.3. The van der Waals surface area contributed by atoms with E-state index in [2.05, 4.69) is 20.3 Å². The highest BCUT2D eigenvalue weighted by molar-refractivity contribution is 7.91. The second-order valence-corrected chi connectivity index (χ2v) is 9.03. The number of fused-ring (bicyclic) bond motifs is 1. The number of nitrogens with zero attached hydrogens (tertiary/aromatic N) is 4. The van der Waals surface area contributed by atoms with Crippen molar-refractivity contribution in [2.45, 2.75) is 29.2 Å². The predicted octanol–water partition coefficient (Wildman–Crippen LogP) is 3.00. The zero-order valence-corrected chi connectivity index (χ0v) is 17.6. The fourth-order valence-electron chi connectivity index (χ4n) is 2.94. The van der Waals surface area contributed by atoms with E-state index in [1.807, 2.05) is 0 Å². The van der Waals surface area contributed by atoms with Gasteiger partial charge in [0.1, 0.15) is 5.65 Å². The third-order valence-corrected chi connectivity index (χ3v) is 6.43. The van der Waals surface area contributed by atoms with Crippen LogP contribution in [0.1, 0.15) is 28.5 Å². The minimum atomic E-state index is -4.08. The molecule has 0 aliphatic carbocycles. The van der Waals surface area contributed by atoms with E-state index in [0.717, 1.165) is 24.7 Å². The lowest BCUT2D eigenvalue weighted by atomic mass is 10.2. The number of pyridine rings is 3. The Labute approximate surface area is 181 Å². The number of amides is 1. The second kappa shape index (κ2) is 8.08. The first-order valence-electron chi connectivity index (χ1n) is 9.39. The van der Waals surface area contributed by atoms with E-state index in [1.54, 1.807) is 35.1 Å². The molecule has 0 bridgehead atoms. The van der Waals surface area contributed by atoms with Crippen LogP contribution < -0.4 is 5.32 Å². The van der Waals surface area contributed by atoms with Crippen LogP contribution in [0.5, 0.6) is 0 Å². The number of imidazole rings is 1. The first-order valence-corrected chi connectivity index (χ1v) is 10.9. The average molecular weight is 457 g/mol. The maximum absolute atomic E-state index is 13.5. The fourth-order valence-corrected chi connectivity index (χ4v) is 4.14. The van der Waals surface area contributed by atoms with Gasteiger partial charge in [0.25, 0.3) is 11.8 Å². The number of hydrogen-bond acceptors (Lipinski definition) is 6. The first kappa shape index (κ1) is 21.5. The Bertz CT molecular complexity index is 1400. The fraction of sp³-hybridized carbons (Fsp3) is 0.143. The van der Waals surface area contributed by atoms with Crippen LogP contribution in [-0.2, 0) is 22.3 Å². The third kappa shape index (κ3) is 4.33. The van der Waals surface area contributed by atoms with Crippen LogP contribution in [0.15, 0.2) is 77.3 Å². The number of aromatic nitrogens is 4. The van der Waals surface area contributed by atoms with Gasteiger partial charge in [0.2, 0.25) is 9.84 Å². The van der Waals surface area contributed by atoms with Crippen LogP contribution in [0.4, 0.5) is 8.78 Å². The van der Waals surface area contributed by atoms with Crippen LogP contribution in [0.2, 0.25) is 0 Å². The van der Waals surface area contributed by atoms with E-state index >= 15 is 0 Å². The summed E-state index contributed by atoms with van der Waals surface area (Å²) >= 11 is 0. The highest BCUT2D eigenvalue weighted by Gasteiger charge is 2.27. The largest absolute Gasteiger partial charge is 0.346 e. The second-order valence-electron chi connectivity index (χ2n) is 7.08. The molecule has 4 heterocycles. The Morgan fingerprint density at radius 1 is 1.09 bits per heavy atom. The highest BCUT2D eigenvalue weighted by Crippen LogP contribution is 2.29. The van der Waals surface area contributed by atoms with Gasteiger partial charge in [0, 0.05) is 49.7 Å². The maximum atomic E-state index is 13.5. The summed E-state index contributed by atoms with van der Waals surface area (Å²) in [6.07, 6.45) is 8.04. The Morgan fingerprint density at radius 3 is 2.62 bits per heavy atom. The van der Waals surface area contributed by atoms with E-state index in [0.29, 0.717) is 23.8 Å². The molecule has 0 fully saturated rings. The van der Waals surface area contributed by atoms with Crippen molar-refractivity contribution >= 4 is 21.4 Å². The molecule has 1 amide bonds. The zero-order valence-electron chi connectivity index (χ0n) is 16.7. The number of carbonyl (C=O) groups excluding carboxylic acids is 1. The molecule has 0 spiro atoms. The molecule has 4 rings (SSSR count). The predicted molar refractivity (Wildman–Crippen MR) is 110 cm³/mol. The smallest absolute Gasteiger partial charge is 0.272 e. The van der Waals surface area contributed by atoms with E-state index < -0.39 is 21.3 Å². The molecule has 164 valence electrons. The third-order valence-electron chi connectivity index (χ3n) is 4.72. The molecule has 0 aliphatic rings. The molecule has 1 N–H and O–H groups in total. The molecular formula is C21H17F2N5O3S. The SMILES string of the molecule is CC(F)(F)c1cncc(S(=O)(=O)c2ccc(CNC(=O)c3ccc4nccn4c3)nc2)c1. The van der Waals surface area contributed by atoms with Gasteiger partial charge in [-0.05, 0) is 30.3 Å². The lowest BCUT2D eigenvalue weighted by Crippen LogP contribution is -2.23. The molecule has 8 nitrogen and oxygen atoms in total. The number of carbonyl (C=O) groups is 1. The standard InChI is InChI=1S/C21H17F2N5O3S/c1-21(22,23)15-8-18(11-24-9-15)32(30,31)17-4-3-16(26-12-17)10-27-20(29)14-2-5-19-25-6-7-28(19)13-14/h2-9,11-13H,10H2,1H3,(H,27,29). The van der Waals surface area contributed by atoms with Crippen molar-refractivity contribution in [1.82, 2.24) is 24.7 Å². The molecule has 32 heavy (non-hydrogen) atoms. The minimum absolute atomic E-state index is 0.0697. The molecule has 11 heteroatoms. The molecule has 0 radical (unpaired) electrons. The van der Waals surface area contributed by atoms with Crippen LogP contribution >= 0.6 is 0 Å². The van der Waals surface area contributed by atoms with Gasteiger partial charge < -0.3 is 9.72 Å². The van der Waals surface area contributed by atoms with Gasteiger partial charge in [-0.25, -0.2) is 22.2 Å². The van der Waals surface area contributed by atoms with Crippen LogP contribution in [0.25, 0.3) is 5.65 Å². The molecule has 0 unspecified atom stereocenters. The molecular weight excluding hydrogens is 440 g/mol. The molecule has 0 saturated carbocycles. The summed E-state index contributed by atoms with van der Waals surface area (Å²) in [6.45, 7) is 0.735. The summed E-state index contributed by atoms with van der Waals surface area (Å²) in [5.74, 6) is -3.55. The lowest BCUT2D eigenvalue weighted by Gasteiger charge is -2.12. The van der Waals surface area contributed by atoms with Gasteiger partial charge in [0.15, 0.2) is 0 Å². The summed E-state index contributed by atoms with van der Waals surface area (Å²) in [4.78, 5) is 23.7. The van der Waals surface area contributed by atoms with Gasteiger partial charge in [-0.2, -0.15) is 0 Å². The van der Waals surface area contributed by atoms with Crippen LogP contribution in [0.3, 0.4) is 0 Å². The Hall–Kier alpha value is -3.73. The Kier molecular flexibility index (Phi) is 5.43. The summed E-state index contributed by atoms with van der Waals surface area (Å²) in [5.41, 5.74) is 1.06. The number of nitrogens with one attached hydrogen (secondary N) is 1. The number of halogens is 2. The number of sulfone groups is 1. The zero-order chi connectivity index (χ0) is 22.9. The quantitative estimate of drug-likeness (QED) is 0.477. The van der Waals surface area contributed by atoms with Crippen molar-refractivity contribution in [1.29, 1.82) is 0 Å². The van der Waals surface area contributed by atoms with Crippen molar-refractivity contribution in [2.24, 2.45) is 0 Å². The van der Waals surface area contributed by atoms with Crippen LogP contribution in [-0.4, -0.2) is 33.7 Å². The van der Waals surface area contributed by atoms with Crippen molar-refractivity contribution in [3.05, 3.63) is 84.3 Å². The lowest BCUT2D eigenvalue weighted by molar-refractivity contribution is 0.0169. The maximum Gasteiger partial charge on any atom is 0.272 e. The summed E-state index contributed by atoms with van der Waals surface area (Å²) in [6, 6.07) is 7.00. The van der Waals surface area contributed by atoms with Gasteiger partial charge in [-0.1, -0.05) is 0 Å². The average Bonchev–Trinajstić information content (AvgIpc) is 3.25. The molecule has 0 aromatic carbocycles.